The van der Waals surface area contributed by atoms with Gasteiger partial charge in [-0.2, -0.15) is 13.2 Å². The van der Waals surface area contributed by atoms with Crippen LogP contribution >= 0.6 is 0 Å². The third-order valence-electron chi connectivity index (χ3n) is 6.32. The Morgan fingerprint density at radius 1 is 1.18 bits per heavy atom. The first kappa shape index (κ1) is 20.8. The number of hydrogen-bond donors (Lipinski definition) is 1. The Hall–Kier alpha value is -3.80. The van der Waals surface area contributed by atoms with Gasteiger partial charge in [-0.05, 0) is 17.7 Å². The molecule has 174 valence electrons. The molecule has 12 heteroatoms. The van der Waals surface area contributed by atoms with Crippen LogP contribution in [0.2, 0.25) is 0 Å². The third-order valence-corrected chi connectivity index (χ3v) is 6.32. The van der Waals surface area contributed by atoms with Crippen molar-refractivity contribution in [3.05, 3.63) is 65.1 Å². The number of halogens is 4. The second-order valence-electron chi connectivity index (χ2n) is 8.25. The lowest BCUT2D eigenvalue weighted by atomic mass is 10.0. The molecule has 3 aromatic heterocycles. The topological polar surface area (TPSA) is 98.6 Å². The van der Waals surface area contributed by atoms with E-state index < -0.39 is 35.7 Å². The molecule has 4 heterocycles. The van der Waals surface area contributed by atoms with Crippen molar-refractivity contribution in [1.29, 1.82) is 0 Å². The molecule has 0 saturated carbocycles. The van der Waals surface area contributed by atoms with Gasteiger partial charge in [-0.15, -0.1) is 0 Å². The Labute approximate surface area is 189 Å². The summed E-state index contributed by atoms with van der Waals surface area (Å²) in [6, 6.07) is 4.07. The van der Waals surface area contributed by atoms with Crippen LogP contribution in [0.4, 0.5) is 23.4 Å². The highest BCUT2D eigenvalue weighted by Crippen LogP contribution is 2.41. The lowest BCUT2D eigenvalue weighted by molar-refractivity contribution is -0.141. The molecule has 1 saturated heterocycles. The van der Waals surface area contributed by atoms with Gasteiger partial charge in [0.15, 0.2) is 0 Å². The summed E-state index contributed by atoms with van der Waals surface area (Å²) in [5.74, 6) is -1.21. The minimum atomic E-state index is -4.58. The number of hydrogen-bond acceptors (Lipinski definition) is 6. The van der Waals surface area contributed by atoms with E-state index in [-0.39, 0.29) is 42.2 Å². The predicted molar refractivity (Wildman–Crippen MR) is 111 cm³/mol. The van der Waals surface area contributed by atoms with Crippen LogP contribution in [0.3, 0.4) is 0 Å². The van der Waals surface area contributed by atoms with Gasteiger partial charge in [0.25, 0.3) is 5.91 Å². The monoisotopic (exact) mass is 472 g/mol. The Bertz CT molecular complexity index is 1480. The van der Waals surface area contributed by atoms with Crippen molar-refractivity contribution in [3.63, 3.8) is 0 Å². The van der Waals surface area contributed by atoms with E-state index >= 15 is 4.39 Å². The second kappa shape index (κ2) is 7.10. The van der Waals surface area contributed by atoms with Crippen molar-refractivity contribution < 1.29 is 27.1 Å². The summed E-state index contributed by atoms with van der Waals surface area (Å²) >= 11 is 0. The molecule has 1 unspecified atom stereocenters. The zero-order valence-electron chi connectivity index (χ0n) is 17.4. The number of nitrogen functional groups attached to an aromatic ring is 1. The molecule has 0 radical (unpaired) electrons. The van der Waals surface area contributed by atoms with Crippen molar-refractivity contribution in [2.24, 2.45) is 0 Å². The normalized spacial score (nSPS) is 20.1. The molecule has 2 N–H and O–H groups in total. The van der Waals surface area contributed by atoms with Crippen molar-refractivity contribution in [1.82, 2.24) is 24.3 Å². The van der Waals surface area contributed by atoms with E-state index in [1.165, 1.54) is 29.6 Å². The number of ether oxygens (including phenoxy) is 1. The van der Waals surface area contributed by atoms with Gasteiger partial charge in [0, 0.05) is 24.7 Å². The fraction of sp³-hybridized carbons (Fsp3) is 0.273. The van der Waals surface area contributed by atoms with Gasteiger partial charge in [-0.25, -0.2) is 19.3 Å². The van der Waals surface area contributed by atoms with Gasteiger partial charge in [-0.3, -0.25) is 9.20 Å². The van der Waals surface area contributed by atoms with Crippen LogP contribution in [0.25, 0.3) is 16.6 Å². The summed E-state index contributed by atoms with van der Waals surface area (Å²) in [5.41, 5.74) is 6.63. The number of aromatic nitrogens is 4. The van der Waals surface area contributed by atoms with Crippen LogP contribution in [-0.4, -0.2) is 49.4 Å². The number of nitrogens with two attached hydrogens (primary N) is 1. The highest BCUT2D eigenvalue weighted by Gasteiger charge is 2.45. The van der Waals surface area contributed by atoms with Gasteiger partial charge in [-0.1, -0.05) is 6.07 Å². The van der Waals surface area contributed by atoms with E-state index in [0.29, 0.717) is 16.6 Å². The summed E-state index contributed by atoms with van der Waals surface area (Å²) < 4.78 is 61.8. The average molecular weight is 472 g/mol. The molecular formula is C22H16F4N6O2. The van der Waals surface area contributed by atoms with Gasteiger partial charge in [0.1, 0.15) is 22.8 Å². The minimum absolute atomic E-state index is 0.132. The molecule has 1 fully saturated rings. The number of rotatable bonds is 1. The van der Waals surface area contributed by atoms with E-state index in [0.717, 1.165) is 12.1 Å². The van der Waals surface area contributed by atoms with Gasteiger partial charge < -0.3 is 15.4 Å². The highest BCUT2D eigenvalue weighted by molar-refractivity contribution is 5.99. The highest BCUT2D eigenvalue weighted by atomic mass is 19.4. The second-order valence-corrected chi connectivity index (χ2v) is 8.25. The molecule has 0 spiro atoms. The number of fused-ring (bicyclic) bond motifs is 6. The van der Waals surface area contributed by atoms with E-state index in [1.807, 2.05) is 0 Å². The maximum absolute atomic E-state index is 15.1. The smallest absolute Gasteiger partial charge is 0.382 e. The largest absolute Gasteiger partial charge is 0.433 e. The molecule has 1 aliphatic carbocycles. The lowest BCUT2D eigenvalue weighted by Crippen LogP contribution is -2.46. The molecule has 4 aromatic rings. The standard InChI is InChI=1S/C22H16F4N6O2/c23-12-6-14-15(32-9-28-8-16(32)20(27)30-14)5-11(12)21(33)31-3-4-34-17-7-13-10(19(17)31)1-2-18(29-13)22(24,25)26/h1-2,5-6,8-9,17,19H,3-4,7H2,(H2,27,30)/t17?,19-/m0/s1. The van der Waals surface area contributed by atoms with Crippen molar-refractivity contribution in [2.45, 2.75) is 24.7 Å². The first-order valence-electron chi connectivity index (χ1n) is 10.4. The number of amides is 1. The molecule has 34 heavy (non-hydrogen) atoms. The SMILES string of the molecule is Nc1nc2cc(F)c(C(=O)N3CCOC4Cc5nc(C(F)(F)F)ccc5[C@@H]43)cc2n2cncc12. The van der Waals surface area contributed by atoms with Gasteiger partial charge in [0.2, 0.25) is 0 Å². The minimum Gasteiger partial charge on any atom is -0.382 e. The summed E-state index contributed by atoms with van der Waals surface area (Å²) in [7, 11) is 0. The first-order valence-corrected chi connectivity index (χ1v) is 10.4. The molecule has 6 rings (SSSR count). The number of benzene rings is 1. The number of nitrogens with zero attached hydrogens (tertiary/aromatic N) is 5. The van der Waals surface area contributed by atoms with E-state index in [1.54, 1.807) is 4.40 Å². The number of alkyl halides is 3. The first-order chi connectivity index (χ1) is 16.2. The predicted octanol–water partition coefficient (Wildman–Crippen LogP) is 3.16. The number of pyridine rings is 1. The lowest BCUT2D eigenvalue weighted by Gasteiger charge is -2.38. The van der Waals surface area contributed by atoms with Crippen molar-refractivity contribution in [2.75, 3.05) is 18.9 Å². The van der Waals surface area contributed by atoms with Crippen LogP contribution in [0, 0.1) is 5.82 Å². The Morgan fingerprint density at radius 3 is 2.79 bits per heavy atom. The van der Waals surface area contributed by atoms with Crippen LogP contribution in [0.5, 0.6) is 0 Å². The zero-order chi connectivity index (χ0) is 23.8. The quantitative estimate of drug-likeness (QED) is 0.428. The Kier molecular flexibility index (Phi) is 4.34. The summed E-state index contributed by atoms with van der Waals surface area (Å²) in [6.45, 7) is 0.324. The van der Waals surface area contributed by atoms with E-state index in [9.17, 15) is 18.0 Å². The Balaban J connectivity index is 1.43. The van der Waals surface area contributed by atoms with E-state index in [2.05, 4.69) is 15.0 Å². The maximum atomic E-state index is 15.1. The summed E-state index contributed by atoms with van der Waals surface area (Å²) in [5, 5.41) is 0. The third kappa shape index (κ3) is 3.01. The molecule has 0 bridgehead atoms. The number of carbonyl (C=O) groups is 1. The molecule has 2 aliphatic rings. The fourth-order valence-corrected chi connectivity index (χ4v) is 4.81. The number of morpholine rings is 1. The summed E-state index contributed by atoms with van der Waals surface area (Å²) in [4.78, 5) is 27.0. The number of imidazole rings is 1. The van der Waals surface area contributed by atoms with Crippen molar-refractivity contribution >= 4 is 28.3 Å². The van der Waals surface area contributed by atoms with Crippen molar-refractivity contribution in [3.8, 4) is 0 Å². The van der Waals surface area contributed by atoms with Crippen LogP contribution in [-0.2, 0) is 17.3 Å². The molecule has 8 nitrogen and oxygen atoms in total. The molecule has 1 aliphatic heterocycles. The number of anilines is 1. The number of carbonyl (C=O) groups excluding carboxylic acids is 1. The van der Waals surface area contributed by atoms with Crippen LogP contribution < -0.4 is 5.73 Å². The molecule has 1 amide bonds. The Morgan fingerprint density at radius 2 is 2.00 bits per heavy atom. The molecule has 2 atom stereocenters. The van der Waals surface area contributed by atoms with Gasteiger partial charge in [0.05, 0.1) is 47.9 Å². The zero-order valence-corrected chi connectivity index (χ0v) is 17.4. The fourth-order valence-electron chi connectivity index (χ4n) is 4.81. The maximum Gasteiger partial charge on any atom is 0.433 e. The summed E-state index contributed by atoms with van der Waals surface area (Å²) in [6.07, 6.45) is -2.01. The van der Waals surface area contributed by atoms with Crippen LogP contribution in [0.1, 0.15) is 33.4 Å². The molecular weight excluding hydrogens is 456 g/mol. The van der Waals surface area contributed by atoms with E-state index in [4.69, 9.17) is 10.5 Å². The van der Waals surface area contributed by atoms with Gasteiger partial charge >= 0.3 is 6.18 Å². The van der Waals surface area contributed by atoms with Crippen LogP contribution in [0.15, 0.2) is 36.8 Å². The average Bonchev–Trinajstić information content (AvgIpc) is 3.42. The molecule has 1 aromatic carbocycles.